The van der Waals surface area contributed by atoms with Crippen molar-refractivity contribution < 1.29 is 0 Å². The number of fused-ring (bicyclic) bond motifs is 1. The molecule has 0 radical (unpaired) electrons. The SMILES string of the molecule is CCc1cc2c(N3CCC(Nc4cccc(C)n4)CC3)ncnc2s1. The Kier molecular flexibility index (Phi) is 4.53. The third-order valence-corrected chi connectivity index (χ3v) is 5.93. The average Bonchev–Trinajstić information content (AvgIpc) is 3.06. The van der Waals surface area contributed by atoms with Crippen molar-refractivity contribution in [2.75, 3.05) is 23.3 Å². The van der Waals surface area contributed by atoms with E-state index in [0.29, 0.717) is 6.04 Å². The molecule has 0 atom stereocenters. The van der Waals surface area contributed by atoms with Gasteiger partial charge in [-0.05, 0) is 44.4 Å². The Morgan fingerprint density at radius 1 is 1.24 bits per heavy atom. The van der Waals surface area contributed by atoms with Crippen molar-refractivity contribution in [2.45, 2.75) is 39.2 Å². The summed E-state index contributed by atoms with van der Waals surface area (Å²) in [6.45, 7) is 6.23. The molecule has 3 aromatic rings. The molecular weight excluding hydrogens is 330 g/mol. The first-order valence-corrected chi connectivity index (χ1v) is 9.73. The molecule has 130 valence electrons. The molecule has 0 amide bonds. The number of thiophene rings is 1. The smallest absolute Gasteiger partial charge is 0.140 e. The van der Waals surface area contributed by atoms with E-state index < -0.39 is 0 Å². The molecule has 0 aromatic carbocycles. The zero-order valence-electron chi connectivity index (χ0n) is 14.7. The highest BCUT2D eigenvalue weighted by Gasteiger charge is 2.22. The summed E-state index contributed by atoms with van der Waals surface area (Å²) in [4.78, 5) is 18.5. The van der Waals surface area contributed by atoms with Crippen LogP contribution in [-0.4, -0.2) is 34.1 Å². The van der Waals surface area contributed by atoms with Gasteiger partial charge in [-0.3, -0.25) is 0 Å². The van der Waals surface area contributed by atoms with Crippen LogP contribution in [0.4, 0.5) is 11.6 Å². The van der Waals surface area contributed by atoms with Crippen LogP contribution in [-0.2, 0) is 6.42 Å². The molecular formula is C19H23N5S. The molecule has 1 aliphatic heterocycles. The Labute approximate surface area is 152 Å². The van der Waals surface area contributed by atoms with Crippen molar-refractivity contribution in [1.29, 1.82) is 0 Å². The molecule has 0 aliphatic carbocycles. The largest absolute Gasteiger partial charge is 0.367 e. The quantitative estimate of drug-likeness (QED) is 0.767. The van der Waals surface area contributed by atoms with E-state index in [0.717, 1.165) is 54.5 Å². The van der Waals surface area contributed by atoms with Gasteiger partial charge in [0.15, 0.2) is 0 Å². The van der Waals surface area contributed by atoms with Gasteiger partial charge in [-0.15, -0.1) is 11.3 Å². The molecule has 4 rings (SSSR count). The summed E-state index contributed by atoms with van der Waals surface area (Å²) in [5.74, 6) is 2.07. The molecule has 1 N–H and O–H groups in total. The summed E-state index contributed by atoms with van der Waals surface area (Å²) in [7, 11) is 0. The second kappa shape index (κ2) is 6.96. The number of anilines is 2. The Hall–Kier alpha value is -2.21. The molecule has 4 heterocycles. The number of rotatable bonds is 4. The third-order valence-electron chi connectivity index (χ3n) is 4.74. The lowest BCUT2D eigenvalue weighted by molar-refractivity contribution is 0.523. The van der Waals surface area contributed by atoms with Crippen molar-refractivity contribution in [1.82, 2.24) is 15.0 Å². The highest BCUT2D eigenvalue weighted by Crippen LogP contribution is 2.32. The Morgan fingerprint density at radius 3 is 2.84 bits per heavy atom. The fourth-order valence-corrected chi connectivity index (χ4v) is 4.32. The summed E-state index contributed by atoms with van der Waals surface area (Å²) in [6, 6.07) is 8.86. The van der Waals surface area contributed by atoms with Crippen LogP contribution in [0.1, 0.15) is 30.3 Å². The van der Waals surface area contributed by atoms with Gasteiger partial charge in [0.05, 0.1) is 5.39 Å². The molecule has 3 aromatic heterocycles. The summed E-state index contributed by atoms with van der Waals surface area (Å²) in [5, 5.41) is 4.78. The molecule has 6 heteroatoms. The number of aromatic nitrogens is 3. The van der Waals surface area contributed by atoms with E-state index in [1.165, 1.54) is 10.3 Å². The van der Waals surface area contributed by atoms with Crippen molar-refractivity contribution in [3.63, 3.8) is 0 Å². The Bertz CT molecular complexity index is 867. The summed E-state index contributed by atoms with van der Waals surface area (Å²) in [5.41, 5.74) is 1.05. The molecule has 0 saturated carbocycles. The van der Waals surface area contributed by atoms with Crippen LogP contribution in [0.15, 0.2) is 30.6 Å². The van der Waals surface area contributed by atoms with Gasteiger partial charge in [0.25, 0.3) is 0 Å². The summed E-state index contributed by atoms with van der Waals surface area (Å²) >= 11 is 1.78. The Morgan fingerprint density at radius 2 is 2.08 bits per heavy atom. The van der Waals surface area contributed by atoms with E-state index in [4.69, 9.17) is 0 Å². The van der Waals surface area contributed by atoms with Crippen LogP contribution >= 0.6 is 11.3 Å². The zero-order chi connectivity index (χ0) is 17.2. The minimum Gasteiger partial charge on any atom is -0.367 e. The van der Waals surface area contributed by atoms with E-state index >= 15 is 0 Å². The van der Waals surface area contributed by atoms with Crippen molar-refractivity contribution >= 4 is 33.2 Å². The van der Waals surface area contributed by atoms with Crippen LogP contribution in [0.25, 0.3) is 10.2 Å². The number of aryl methyl sites for hydroxylation is 2. The van der Waals surface area contributed by atoms with Crippen LogP contribution in [0.5, 0.6) is 0 Å². The molecule has 0 bridgehead atoms. The van der Waals surface area contributed by atoms with Crippen LogP contribution in [0.3, 0.4) is 0 Å². The predicted molar refractivity (Wildman–Crippen MR) is 105 cm³/mol. The summed E-state index contributed by atoms with van der Waals surface area (Å²) < 4.78 is 0. The monoisotopic (exact) mass is 353 g/mol. The Balaban J connectivity index is 1.46. The number of hydrogen-bond donors (Lipinski definition) is 1. The van der Waals surface area contributed by atoms with Gasteiger partial charge >= 0.3 is 0 Å². The normalized spacial score (nSPS) is 15.7. The molecule has 1 saturated heterocycles. The van der Waals surface area contributed by atoms with Crippen LogP contribution < -0.4 is 10.2 Å². The number of pyridine rings is 1. The number of nitrogens with zero attached hydrogens (tertiary/aromatic N) is 4. The van der Waals surface area contributed by atoms with Gasteiger partial charge in [0.2, 0.25) is 0 Å². The first-order valence-electron chi connectivity index (χ1n) is 8.91. The van der Waals surface area contributed by atoms with E-state index in [1.54, 1.807) is 17.7 Å². The van der Waals surface area contributed by atoms with Gasteiger partial charge in [-0.1, -0.05) is 13.0 Å². The molecule has 5 nitrogen and oxygen atoms in total. The minimum atomic E-state index is 0.469. The molecule has 1 aliphatic rings. The van der Waals surface area contributed by atoms with Crippen molar-refractivity contribution in [2.24, 2.45) is 0 Å². The highest BCUT2D eigenvalue weighted by atomic mass is 32.1. The van der Waals surface area contributed by atoms with E-state index in [9.17, 15) is 0 Å². The van der Waals surface area contributed by atoms with Gasteiger partial charge in [-0.25, -0.2) is 15.0 Å². The lowest BCUT2D eigenvalue weighted by atomic mass is 10.0. The molecule has 0 spiro atoms. The maximum absolute atomic E-state index is 4.59. The van der Waals surface area contributed by atoms with Crippen LogP contribution in [0, 0.1) is 6.92 Å². The van der Waals surface area contributed by atoms with Gasteiger partial charge in [-0.2, -0.15) is 0 Å². The van der Waals surface area contributed by atoms with E-state index in [-0.39, 0.29) is 0 Å². The van der Waals surface area contributed by atoms with Gasteiger partial charge in [0.1, 0.15) is 22.8 Å². The van der Waals surface area contributed by atoms with Gasteiger partial charge < -0.3 is 10.2 Å². The number of hydrogen-bond acceptors (Lipinski definition) is 6. The second-order valence-corrected chi connectivity index (χ2v) is 7.67. The van der Waals surface area contributed by atoms with Crippen LogP contribution in [0.2, 0.25) is 0 Å². The predicted octanol–water partition coefficient (Wildman–Crippen LogP) is 4.04. The topological polar surface area (TPSA) is 53.9 Å². The highest BCUT2D eigenvalue weighted by molar-refractivity contribution is 7.18. The maximum atomic E-state index is 4.59. The van der Waals surface area contributed by atoms with Crippen molar-refractivity contribution in [3.05, 3.63) is 41.2 Å². The van der Waals surface area contributed by atoms with Gasteiger partial charge in [0, 0.05) is 29.7 Å². The number of piperidine rings is 1. The standard InChI is InChI=1S/C19H23N5S/c1-3-15-11-16-18(20-12-21-19(16)25-15)24-9-7-14(8-10-24)23-17-6-4-5-13(2)22-17/h4-6,11-12,14H,3,7-10H2,1-2H3,(H,22,23). The minimum absolute atomic E-state index is 0.469. The second-order valence-electron chi connectivity index (χ2n) is 6.55. The van der Waals surface area contributed by atoms with E-state index in [1.807, 2.05) is 19.1 Å². The average molecular weight is 353 g/mol. The fraction of sp³-hybridized carbons (Fsp3) is 0.421. The first-order chi connectivity index (χ1) is 12.2. The molecule has 25 heavy (non-hydrogen) atoms. The van der Waals surface area contributed by atoms with E-state index in [2.05, 4.69) is 44.2 Å². The van der Waals surface area contributed by atoms with Crippen molar-refractivity contribution in [3.8, 4) is 0 Å². The molecule has 0 unspecified atom stereocenters. The lowest BCUT2D eigenvalue weighted by Gasteiger charge is -2.33. The third kappa shape index (κ3) is 3.44. The first kappa shape index (κ1) is 16.3. The zero-order valence-corrected chi connectivity index (χ0v) is 15.5. The lowest BCUT2D eigenvalue weighted by Crippen LogP contribution is -2.39. The fourth-order valence-electron chi connectivity index (χ4n) is 3.39. The molecule has 1 fully saturated rings. The number of nitrogens with one attached hydrogen (secondary N) is 1. The maximum Gasteiger partial charge on any atom is 0.140 e. The summed E-state index contributed by atoms with van der Waals surface area (Å²) in [6.07, 6.45) is 4.93.